The van der Waals surface area contributed by atoms with Crippen LogP contribution in [0.5, 0.6) is 0 Å². The number of carbonyl (C=O) groups excluding carboxylic acids is 4. The molecule has 2 aromatic rings. The van der Waals surface area contributed by atoms with Crippen LogP contribution in [0, 0.1) is 0 Å². The average Bonchev–Trinajstić information content (AvgIpc) is 3.02. The van der Waals surface area contributed by atoms with Gasteiger partial charge >= 0.3 is 23.9 Å². The minimum Gasteiger partial charge on any atom is -0.460 e. The highest BCUT2D eigenvalue weighted by atomic mass is 16.6. The first-order valence-electron chi connectivity index (χ1n) is 13.7. The van der Waals surface area contributed by atoms with Crippen molar-refractivity contribution in [3.05, 3.63) is 84.0 Å². The summed E-state index contributed by atoms with van der Waals surface area (Å²) in [4.78, 5) is 47.5. The smallest absolute Gasteiger partial charge is 0.338 e. The second kappa shape index (κ2) is 19.0. The molecule has 0 heterocycles. The number of esters is 4. The largest absolute Gasteiger partial charge is 0.460 e. The first kappa shape index (κ1) is 35.8. The van der Waals surface area contributed by atoms with Crippen LogP contribution in [0.15, 0.2) is 72.8 Å². The van der Waals surface area contributed by atoms with E-state index in [1.54, 1.807) is 48.5 Å². The van der Waals surface area contributed by atoms with Gasteiger partial charge in [0.05, 0.1) is 44.2 Å². The van der Waals surface area contributed by atoms with Crippen molar-refractivity contribution in [1.82, 2.24) is 0 Å². The molecule has 0 saturated carbocycles. The van der Waals surface area contributed by atoms with Crippen LogP contribution in [-0.2, 0) is 38.0 Å². The van der Waals surface area contributed by atoms with Crippen LogP contribution in [0.25, 0.3) is 11.1 Å². The fourth-order valence-electron chi connectivity index (χ4n) is 3.31. The lowest BCUT2D eigenvalue weighted by Crippen LogP contribution is -2.28. The number of hydrogen-bond donors (Lipinski definition) is 2. The third-order valence-corrected chi connectivity index (χ3v) is 5.69. The summed E-state index contributed by atoms with van der Waals surface area (Å²) in [5, 5.41) is 19.5. The van der Waals surface area contributed by atoms with Gasteiger partial charge in [-0.2, -0.15) is 0 Å². The van der Waals surface area contributed by atoms with Crippen molar-refractivity contribution in [3.8, 4) is 11.1 Å². The predicted molar refractivity (Wildman–Crippen MR) is 158 cm³/mol. The highest BCUT2D eigenvalue weighted by Crippen LogP contribution is 2.21. The standard InChI is InChI=1S/C32H38O12/c1-21(2)29(35)41-15-13-39-18-27(34)19-43-31(37)25-9-5-23(6-10-25)24-7-11-26(12-8-24)32(38)44-28(17-33)20-40-14-16-42-30(36)22(3)4/h5-12,27-28,33-34H,1,3,13-20H2,2,4H3. The van der Waals surface area contributed by atoms with Gasteiger partial charge in [-0.1, -0.05) is 37.4 Å². The van der Waals surface area contributed by atoms with Gasteiger partial charge in [0, 0.05) is 11.1 Å². The van der Waals surface area contributed by atoms with Crippen LogP contribution in [-0.4, -0.2) is 99.2 Å². The molecule has 0 fully saturated rings. The third kappa shape index (κ3) is 12.9. The molecule has 0 aliphatic carbocycles. The van der Waals surface area contributed by atoms with Gasteiger partial charge in [0.2, 0.25) is 0 Å². The summed E-state index contributed by atoms with van der Waals surface area (Å²) in [5.74, 6) is -2.33. The zero-order valence-electron chi connectivity index (χ0n) is 24.8. The number of hydrogen-bond acceptors (Lipinski definition) is 12. The fourth-order valence-corrected chi connectivity index (χ4v) is 3.31. The average molecular weight is 615 g/mol. The number of aliphatic hydroxyl groups excluding tert-OH is 2. The first-order valence-corrected chi connectivity index (χ1v) is 13.7. The monoisotopic (exact) mass is 614 g/mol. The summed E-state index contributed by atoms with van der Waals surface area (Å²) in [6.07, 6.45) is -1.96. The normalized spacial score (nSPS) is 12.0. The predicted octanol–water partition coefficient (Wildman–Crippen LogP) is 2.66. The molecule has 0 aromatic heterocycles. The molecule has 0 spiro atoms. The van der Waals surface area contributed by atoms with Crippen molar-refractivity contribution < 1.29 is 57.8 Å². The summed E-state index contributed by atoms with van der Waals surface area (Å²) in [6, 6.07) is 13.1. The van der Waals surface area contributed by atoms with Crippen molar-refractivity contribution in [3.63, 3.8) is 0 Å². The minimum atomic E-state index is -1.06. The molecule has 2 N–H and O–H groups in total. The Labute approximate surface area is 255 Å². The Morgan fingerprint density at radius 3 is 1.57 bits per heavy atom. The van der Waals surface area contributed by atoms with E-state index in [0.717, 1.165) is 11.1 Å². The number of benzene rings is 2. The maximum atomic E-state index is 12.5. The Kier molecular flexibility index (Phi) is 15.5. The Morgan fingerprint density at radius 1 is 0.659 bits per heavy atom. The lowest BCUT2D eigenvalue weighted by Gasteiger charge is -2.16. The lowest BCUT2D eigenvalue weighted by atomic mass is 10.0. The molecule has 12 heteroatoms. The molecular weight excluding hydrogens is 576 g/mol. The second-order valence-electron chi connectivity index (χ2n) is 9.60. The van der Waals surface area contributed by atoms with Crippen molar-refractivity contribution in [2.75, 3.05) is 52.9 Å². The fraction of sp³-hybridized carbons (Fsp3) is 0.375. The van der Waals surface area contributed by atoms with E-state index in [9.17, 15) is 29.4 Å². The molecule has 0 bridgehead atoms. The lowest BCUT2D eigenvalue weighted by molar-refractivity contribution is -0.141. The first-order chi connectivity index (χ1) is 21.0. The van der Waals surface area contributed by atoms with Crippen molar-refractivity contribution in [2.45, 2.75) is 26.1 Å². The van der Waals surface area contributed by atoms with Gasteiger partial charge in [0.1, 0.15) is 32.0 Å². The quantitative estimate of drug-likeness (QED) is 0.103. The number of aliphatic hydroxyl groups is 2. The number of carbonyl (C=O) groups is 4. The molecule has 0 radical (unpaired) electrons. The zero-order chi connectivity index (χ0) is 32.5. The van der Waals surface area contributed by atoms with Gasteiger partial charge in [0.25, 0.3) is 0 Å². The molecular formula is C32H38O12. The van der Waals surface area contributed by atoms with Gasteiger partial charge in [-0.25, -0.2) is 19.2 Å². The third-order valence-electron chi connectivity index (χ3n) is 5.69. The van der Waals surface area contributed by atoms with Crippen LogP contribution in [0.1, 0.15) is 34.6 Å². The molecule has 0 aliphatic heterocycles. The van der Waals surface area contributed by atoms with Crippen LogP contribution in [0.4, 0.5) is 0 Å². The Hall–Kier alpha value is -4.36. The number of rotatable bonds is 19. The summed E-state index contributed by atoms with van der Waals surface area (Å²) in [5.41, 5.74) is 2.63. The van der Waals surface area contributed by atoms with Gasteiger partial charge < -0.3 is 38.6 Å². The molecule has 0 amide bonds. The Balaban J connectivity index is 1.76. The molecule has 0 aliphatic rings. The summed E-state index contributed by atoms with van der Waals surface area (Å²) in [6.45, 7) is 9.22. The molecule has 12 nitrogen and oxygen atoms in total. The van der Waals surface area contributed by atoms with E-state index < -0.39 is 42.7 Å². The summed E-state index contributed by atoms with van der Waals surface area (Å²) < 4.78 is 30.7. The minimum absolute atomic E-state index is 0.00101. The van der Waals surface area contributed by atoms with Gasteiger partial charge in [0.15, 0.2) is 0 Å². The van der Waals surface area contributed by atoms with Crippen LogP contribution in [0.3, 0.4) is 0 Å². The molecule has 2 rings (SSSR count). The van der Waals surface area contributed by atoms with E-state index >= 15 is 0 Å². The molecule has 44 heavy (non-hydrogen) atoms. The van der Waals surface area contributed by atoms with E-state index in [0.29, 0.717) is 0 Å². The molecule has 238 valence electrons. The van der Waals surface area contributed by atoms with E-state index in [1.165, 1.54) is 13.8 Å². The van der Waals surface area contributed by atoms with E-state index in [-0.39, 0.29) is 68.5 Å². The highest BCUT2D eigenvalue weighted by Gasteiger charge is 2.17. The number of ether oxygens (including phenoxy) is 6. The summed E-state index contributed by atoms with van der Waals surface area (Å²) >= 11 is 0. The molecule has 2 atom stereocenters. The molecule has 2 unspecified atom stereocenters. The van der Waals surface area contributed by atoms with Crippen LogP contribution in [0.2, 0.25) is 0 Å². The van der Waals surface area contributed by atoms with E-state index in [2.05, 4.69) is 13.2 Å². The maximum Gasteiger partial charge on any atom is 0.338 e. The van der Waals surface area contributed by atoms with Crippen molar-refractivity contribution >= 4 is 23.9 Å². The second-order valence-corrected chi connectivity index (χ2v) is 9.60. The van der Waals surface area contributed by atoms with Crippen LogP contribution >= 0.6 is 0 Å². The topological polar surface area (TPSA) is 164 Å². The Bertz CT molecular complexity index is 1270. The van der Waals surface area contributed by atoms with Crippen molar-refractivity contribution in [2.24, 2.45) is 0 Å². The highest BCUT2D eigenvalue weighted by molar-refractivity contribution is 5.91. The Morgan fingerprint density at radius 2 is 1.11 bits per heavy atom. The maximum absolute atomic E-state index is 12.5. The summed E-state index contributed by atoms with van der Waals surface area (Å²) in [7, 11) is 0. The van der Waals surface area contributed by atoms with Gasteiger partial charge in [-0.05, 0) is 49.2 Å². The zero-order valence-corrected chi connectivity index (χ0v) is 24.8. The van der Waals surface area contributed by atoms with Gasteiger partial charge in [-0.3, -0.25) is 0 Å². The van der Waals surface area contributed by atoms with E-state index in [1.807, 2.05) is 0 Å². The van der Waals surface area contributed by atoms with E-state index in [4.69, 9.17) is 28.4 Å². The molecule has 2 aromatic carbocycles. The molecule has 0 saturated heterocycles. The SMILES string of the molecule is C=C(C)C(=O)OCCOCC(O)COC(=O)c1ccc(-c2ccc(C(=O)OC(CO)COCCOC(=O)C(=C)C)cc2)cc1. The van der Waals surface area contributed by atoms with Crippen LogP contribution < -0.4 is 0 Å². The van der Waals surface area contributed by atoms with Gasteiger partial charge in [-0.15, -0.1) is 0 Å². The van der Waals surface area contributed by atoms with Crippen molar-refractivity contribution in [1.29, 1.82) is 0 Å².